The molecule has 10 heteroatoms. The fourth-order valence-corrected chi connectivity index (χ4v) is 2.71. The molecule has 0 saturated carbocycles. The molecule has 0 bridgehead atoms. The molecule has 2 heterocycles. The fourth-order valence-electron chi connectivity index (χ4n) is 2.71. The predicted molar refractivity (Wildman–Crippen MR) is 91.4 cm³/mol. The molecular weight excluding hydrogens is 378 g/mol. The average molecular weight is 389 g/mol. The first kappa shape index (κ1) is 17.8. The van der Waals surface area contributed by atoms with Gasteiger partial charge in [-0.2, -0.15) is 17.9 Å². The number of nitrogens with zero attached hydrogens (tertiary/aromatic N) is 5. The molecule has 0 aliphatic heterocycles. The van der Waals surface area contributed by atoms with Crippen LogP contribution in [0.25, 0.3) is 16.9 Å². The van der Waals surface area contributed by atoms with Gasteiger partial charge in [0.15, 0.2) is 11.2 Å². The van der Waals surface area contributed by atoms with E-state index in [4.69, 9.17) is 0 Å². The van der Waals surface area contributed by atoms with Gasteiger partial charge in [-0.3, -0.25) is 9.36 Å². The number of halogens is 4. The molecule has 6 nitrogen and oxygen atoms in total. The number of rotatable bonds is 3. The Bertz CT molecular complexity index is 1190. The Labute approximate surface area is 154 Å². The van der Waals surface area contributed by atoms with Crippen LogP contribution in [0, 0.1) is 5.82 Å². The van der Waals surface area contributed by atoms with Crippen LogP contribution in [0.5, 0.6) is 0 Å². The van der Waals surface area contributed by atoms with E-state index in [-0.39, 0.29) is 17.7 Å². The maximum absolute atomic E-state index is 13.1. The van der Waals surface area contributed by atoms with Crippen molar-refractivity contribution in [2.45, 2.75) is 12.7 Å². The van der Waals surface area contributed by atoms with Crippen LogP contribution in [0.3, 0.4) is 0 Å². The van der Waals surface area contributed by atoms with Crippen molar-refractivity contribution in [3.8, 4) is 5.69 Å². The highest BCUT2D eigenvalue weighted by atomic mass is 19.4. The van der Waals surface area contributed by atoms with E-state index in [1.807, 2.05) is 0 Å². The van der Waals surface area contributed by atoms with E-state index in [1.54, 1.807) is 0 Å². The topological polar surface area (TPSA) is 65.6 Å². The molecule has 2 aromatic carbocycles. The predicted octanol–water partition coefficient (Wildman–Crippen LogP) is 3.18. The highest BCUT2D eigenvalue weighted by Gasteiger charge is 2.29. The Kier molecular flexibility index (Phi) is 4.17. The monoisotopic (exact) mass is 389 g/mol. The zero-order valence-corrected chi connectivity index (χ0v) is 14.1. The van der Waals surface area contributed by atoms with Gasteiger partial charge in [0, 0.05) is 0 Å². The Morgan fingerprint density at radius 2 is 1.64 bits per heavy atom. The van der Waals surface area contributed by atoms with Crippen LogP contribution in [0.2, 0.25) is 0 Å². The van der Waals surface area contributed by atoms with Gasteiger partial charge in [0.2, 0.25) is 0 Å². The number of alkyl halides is 3. The zero-order chi connectivity index (χ0) is 19.9. The summed E-state index contributed by atoms with van der Waals surface area (Å²) in [5.74, 6) is -0.417. The summed E-state index contributed by atoms with van der Waals surface area (Å²) in [4.78, 5) is 16.8. The third-order valence-corrected chi connectivity index (χ3v) is 4.13. The van der Waals surface area contributed by atoms with Gasteiger partial charge < -0.3 is 0 Å². The molecule has 0 amide bonds. The van der Waals surface area contributed by atoms with E-state index in [9.17, 15) is 22.4 Å². The minimum absolute atomic E-state index is 0.00117. The first-order valence-electron chi connectivity index (χ1n) is 8.06. The molecule has 2 aromatic heterocycles. The van der Waals surface area contributed by atoms with Crippen LogP contribution in [-0.4, -0.2) is 24.5 Å². The molecule has 4 rings (SSSR count). The molecule has 142 valence electrons. The molecule has 0 atom stereocenters. The van der Waals surface area contributed by atoms with E-state index < -0.39 is 23.1 Å². The van der Waals surface area contributed by atoms with Gasteiger partial charge in [-0.25, -0.2) is 9.37 Å². The summed E-state index contributed by atoms with van der Waals surface area (Å²) in [6.07, 6.45) is -3.15. The second-order valence-electron chi connectivity index (χ2n) is 6.02. The minimum atomic E-state index is -4.42. The lowest BCUT2D eigenvalue weighted by Gasteiger charge is -2.09. The SMILES string of the molecule is O=c1c2nnn(-c3ccc(F)cc3)c2ncn1Cc1ccc(C(F)(F)F)cc1. The highest BCUT2D eigenvalue weighted by Crippen LogP contribution is 2.29. The molecule has 0 N–H and O–H groups in total. The lowest BCUT2D eigenvalue weighted by atomic mass is 10.1. The van der Waals surface area contributed by atoms with Crippen LogP contribution in [0.4, 0.5) is 17.6 Å². The summed E-state index contributed by atoms with van der Waals surface area (Å²) in [7, 11) is 0. The maximum Gasteiger partial charge on any atom is 0.416 e. The Morgan fingerprint density at radius 1 is 0.964 bits per heavy atom. The van der Waals surface area contributed by atoms with Crippen molar-refractivity contribution in [2.24, 2.45) is 0 Å². The van der Waals surface area contributed by atoms with Crippen LogP contribution < -0.4 is 5.56 Å². The van der Waals surface area contributed by atoms with Crippen molar-refractivity contribution in [1.29, 1.82) is 0 Å². The molecule has 4 aromatic rings. The number of hydrogen-bond acceptors (Lipinski definition) is 4. The fraction of sp³-hybridized carbons (Fsp3) is 0.111. The Morgan fingerprint density at radius 3 is 2.29 bits per heavy atom. The van der Waals surface area contributed by atoms with Crippen LogP contribution in [0.15, 0.2) is 59.7 Å². The standard InChI is InChI=1S/C18H11F4N5O/c19-13-5-7-14(8-6-13)27-16-15(24-25-27)17(28)26(10-23-16)9-11-1-3-12(4-2-11)18(20,21)22/h1-8,10H,9H2. The maximum atomic E-state index is 13.1. The summed E-state index contributed by atoms with van der Waals surface area (Å²) in [5.41, 5.74) is -0.0739. The molecule has 28 heavy (non-hydrogen) atoms. The molecular formula is C18H11F4N5O. The molecule has 0 saturated heterocycles. The van der Waals surface area contributed by atoms with Crippen LogP contribution >= 0.6 is 0 Å². The third kappa shape index (κ3) is 3.24. The summed E-state index contributed by atoms with van der Waals surface area (Å²) >= 11 is 0. The van der Waals surface area contributed by atoms with E-state index in [0.717, 1.165) is 12.1 Å². The highest BCUT2D eigenvalue weighted by molar-refractivity contribution is 5.70. The van der Waals surface area contributed by atoms with E-state index in [0.29, 0.717) is 11.3 Å². The Balaban J connectivity index is 1.67. The lowest BCUT2D eigenvalue weighted by molar-refractivity contribution is -0.137. The quantitative estimate of drug-likeness (QED) is 0.505. The van der Waals surface area contributed by atoms with Gasteiger partial charge in [0.05, 0.1) is 17.8 Å². The molecule has 0 fully saturated rings. The molecule has 0 radical (unpaired) electrons. The van der Waals surface area contributed by atoms with Crippen molar-refractivity contribution in [2.75, 3.05) is 0 Å². The van der Waals surface area contributed by atoms with Crippen LogP contribution in [0.1, 0.15) is 11.1 Å². The van der Waals surface area contributed by atoms with Gasteiger partial charge >= 0.3 is 6.18 Å². The Hall–Kier alpha value is -3.56. The van der Waals surface area contributed by atoms with Crippen LogP contribution in [-0.2, 0) is 12.7 Å². The summed E-state index contributed by atoms with van der Waals surface area (Å²) in [6, 6.07) is 9.94. The molecule has 0 aliphatic carbocycles. The number of aromatic nitrogens is 5. The van der Waals surface area contributed by atoms with Crippen molar-refractivity contribution in [3.05, 3.63) is 82.2 Å². The molecule has 0 aliphatic rings. The van der Waals surface area contributed by atoms with Gasteiger partial charge in [0.1, 0.15) is 12.1 Å². The van der Waals surface area contributed by atoms with E-state index in [1.165, 1.54) is 52.0 Å². The van der Waals surface area contributed by atoms with Gasteiger partial charge in [-0.05, 0) is 42.0 Å². The van der Waals surface area contributed by atoms with Crippen molar-refractivity contribution < 1.29 is 17.6 Å². The number of fused-ring (bicyclic) bond motifs is 1. The third-order valence-electron chi connectivity index (χ3n) is 4.13. The second-order valence-corrected chi connectivity index (χ2v) is 6.02. The summed E-state index contributed by atoms with van der Waals surface area (Å²) in [6.45, 7) is 0.0311. The van der Waals surface area contributed by atoms with Gasteiger partial charge in [-0.1, -0.05) is 17.3 Å². The first-order chi connectivity index (χ1) is 13.3. The largest absolute Gasteiger partial charge is 0.416 e. The van der Waals surface area contributed by atoms with Crippen molar-refractivity contribution >= 4 is 11.2 Å². The molecule has 0 spiro atoms. The average Bonchev–Trinajstić information content (AvgIpc) is 3.09. The molecule has 0 unspecified atom stereocenters. The summed E-state index contributed by atoms with van der Waals surface area (Å²) < 4.78 is 53.6. The van der Waals surface area contributed by atoms with Crippen molar-refractivity contribution in [1.82, 2.24) is 24.5 Å². The zero-order valence-electron chi connectivity index (χ0n) is 14.1. The number of benzene rings is 2. The van der Waals surface area contributed by atoms with Crippen molar-refractivity contribution in [3.63, 3.8) is 0 Å². The van der Waals surface area contributed by atoms with E-state index in [2.05, 4.69) is 15.3 Å². The number of hydrogen-bond donors (Lipinski definition) is 0. The van der Waals surface area contributed by atoms with Gasteiger partial charge in [0.25, 0.3) is 5.56 Å². The first-order valence-corrected chi connectivity index (χ1v) is 8.06. The van der Waals surface area contributed by atoms with E-state index >= 15 is 0 Å². The van der Waals surface area contributed by atoms with Gasteiger partial charge in [-0.15, -0.1) is 5.10 Å². The second kappa shape index (κ2) is 6.55. The normalized spacial score (nSPS) is 11.9. The summed E-state index contributed by atoms with van der Waals surface area (Å²) in [5, 5.41) is 7.73. The minimum Gasteiger partial charge on any atom is -0.293 e. The smallest absolute Gasteiger partial charge is 0.293 e. The lowest BCUT2D eigenvalue weighted by Crippen LogP contribution is -2.21.